The summed E-state index contributed by atoms with van der Waals surface area (Å²) >= 11 is 0. The molecule has 0 radical (unpaired) electrons. The number of hydrogen-bond donors (Lipinski definition) is 2. The van der Waals surface area contributed by atoms with Gasteiger partial charge >= 0.3 is 0 Å². The summed E-state index contributed by atoms with van der Waals surface area (Å²) in [6, 6.07) is 6.02. The Kier molecular flexibility index (Phi) is 6.79. The maximum atomic E-state index is 6.17. The number of aromatic nitrogens is 1. The van der Waals surface area contributed by atoms with Crippen LogP contribution in [0.25, 0.3) is 0 Å². The summed E-state index contributed by atoms with van der Waals surface area (Å²) in [7, 11) is 3.41. The predicted molar refractivity (Wildman–Crippen MR) is 109 cm³/mol. The zero-order chi connectivity index (χ0) is 19.9. The van der Waals surface area contributed by atoms with Gasteiger partial charge in [-0.2, -0.15) is 0 Å². The van der Waals surface area contributed by atoms with Gasteiger partial charge in [0, 0.05) is 13.6 Å². The highest BCUT2D eigenvalue weighted by Gasteiger charge is 2.18. The number of guanidine groups is 1. The first-order chi connectivity index (χ1) is 13.6. The van der Waals surface area contributed by atoms with E-state index >= 15 is 0 Å². The molecule has 28 heavy (non-hydrogen) atoms. The third-order valence-electron chi connectivity index (χ3n) is 4.99. The van der Waals surface area contributed by atoms with Crippen LogP contribution in [0.5, 0.6) is 11.5 Å². The third kappa shape index (κ3) is 5.18. The van der Waals surface area contributed by atoms with Gasteiger partial charge < -0.3 is 24.5 Å². The van der Waals surface area contributed by atoms with Crippen molar-refractivity contribution in [1.29, 1.82) is 0 Å². The fourth-order valence-electron chi connectivity index (χ4n) is 3.29. The molecule has 0 bridgehead atoms. The lowest BCUT2D eigenvalue weighted by Gasteiger charge is -2.17. The minimum absolute atomic E-state index is 0.291. The van der Waals surface area contributed by atoms with E-state index in [0.717, 1.165) is 41.4 Å². The number of hydrogen-bond acceptors (Lipinski definition) is 5. The Morgan fingerprint density at radius 2 is 1.93 bits per heavy atom. The van der Waals surface area contributed by atoms with Crippen molar-refractivity contribution in [3.63, 3.8) is 0 Å². The number of nitrogens with zero attached hydrogens (tertiary/aromatic N) is 2. The number of oxazole rings is 1. The van der Waals surface area contributed by atoms with Crippen molar-refractivity contribution >= 4 is 5.96 Å². The summed E-state index contributed by atoms with van der Waals surface area (Å²) in [5.74, 6) is 3.75. The average Bonchev–Trinajstić information content (AvgIpc) is 3.32. The van der Waals surface area contributed by atoms with Crippen LogP contribution in [0.3, 0.4) is 0 Å². The van der Waals surface area contributed by atoms with Crippen LogP contribution in [-0.2, 0) is 13.1 Å². The van der Waals surface area contributed by atoms with E-state index < -0.39 is 0 Å². The highest BCUT2D eigenvalue weighted by molar-refractivity contribution is 5.79. The average molecular weight is 386 g/mol. The molecule has 2 N–H and O–H groups in total. The second-order valence-corrected chi connectivity index (χ2v) is 7.04. The smallest absolute Gasteiger partial charge is 0.214 e. The summed E-state index contributed by atoms with van der Waals surface area (Å²) in [5, 5.41) is 6.53. The lowest BCUT2D eigenvalue weighted by molar-refractivity contribution is 0.200. The van der Waals surface area contributed by atoms with Crippen molar-refractivity contribution in [2.24, 2.45) is 4.99 Å². The first kappa shape index (κ1) is 20.0. The Hall–Kier alpha value is -2.70. The van der Waals surface area contributed by atoms with Crippen molar-refractivity contribution in [2.75, 3.05) is 14.2 Å². The minimum Gasteiger partial charge on any atom is -0.493 e. The van der Waals surface area contributed by atoms with E-state index in [1.54, 1.807) is 14.2 Å². The Morgan fingerprint density at radius 3 is 2.57 bits per heavy atom. The molecule has 1 aromatic carbocycles. The molecule has 0 amide bonds. The summed E-state index contributed by atoms with van der Waals surface area (Å²) in [6.45, 7) is 4.94. The van der Waals surface area contributed by atoms with Gasteiger partial charge in [-0.3, -0.25) is 4.99 Å². The molecule has 152 valence electrons. The lowest BCUT2D eigenvalue weighted by atomic mass is 10.2. The van der Waals surface area contributed by atoms with Gasteiger partial charge in [0.05, 0.1) is 25.5 Å². The van der Waals surface area contributed by atoms with Crippen molar-refractivity contribution in [2.45, 2.75) is 58.7 Å². The molecule has 1 fully saturated rings. The molecular weight excluding hydrogens is 356 g/mol. The molecule has 1 aromatic heterocycles. The van der Waals surface area contributed by atoms with Crippen molar-refractivity contribution < 1.29 is 13.9 Å². The standard InChI is InChI=1S/C21H30N4O3/c1-14-15(2)27-20(25-14)13-24-21(22-3)23-12-16-9-10-18(26-4)19(11-16)28-17-7-5-6-8-17/h9-11,17H,5-8,12-13H2,1-4H3,(H2,22,23,24). The molecule has 0 saturated heterocycles. The van der Waals surface area contributed by atoms with Gasteiger partial charge in [-0.05, 0) is 57.2 Å². The normalized spacial score (nSPS) is 14.9. The molecule has 1 aliphatic carbocycles. The van der Waals surface area contributed by atoms with Crippen LogP contribution in [-0.4, -0.2) is 31.2 Å². The molecule has 1 saturated carbocycles. The molecule has 0 atom stereocenters. The zero-order valence-corrected chi connectivity index (χ0v) is 17.2. The van der Waals surface area contributed by atoms with Gasteiger partial charge in [0.1, 0.15) is 5.76 Å². The van der Waals surface area contributed by atoms with Crippen molar-refractivity contribution in [3.8, 4) is 11.5 Å². The Morgan fingerprint density at radius 1 is 1.18 bits per heavy atom. The summed E-state index contributed by atoms with van der Waals surface area (Å²) in [6.07, 6.45) is 4.99. The number of aliphatic imine (C=N–C) groups is 1. The van der Waals surface area contributed by atoms with Crippen LogP contribution in [0.4, 0.5) is 0 Å². The monoisotopic (exact) mass is 386 g/mol. The zero-order valence-electron chi connectivity index (χ0n) is 17.2. The maximum absolute atomic E-state index is 6.17. The number of rotatable bonds is 7. The SMILES string of the molecule is CN=C(NCc1ccc(OC)c(OC2CCCC2)c1)NCc1nc(C)c(C)o1. The van der Waals surface area contributed by atoms with Gasteiger partial charge in [-0.25, -0.2) is 4.98 Å². The molecule has 7 nitrogen and oxygen atoms in total. The summed E-state index contributed by atoms with van der Waals surface area (Å²) < 4.78 is 17.2. The van der Waals surface area contributed by atoms with E-state index in [1.165, 1.54) is 12.8 Å². The van der Waals surface area contributed by atoms with Crippen LogP contribution >= 0.6 is 0 Å². The van der Waals surface area contributed by atoms with E-state index in [2.05, 4.69) is 20.6 Å². The van der Waals surface area contributed by atoms with Gasteiger partial charge in [0.15, 0.2) is 17.5 Å². The largest absolute Gasteiger partial charge is 0.493 e. The molecular formula is C21H30N4O3. The summed E-state index contributed by atoms with van der Waals surface area (Å²) in [5.41, 5.74) is 2.01. The number of aryl methyl sites for hydroxylation is 2. The van der Waals surface area contributed by atoms with Crippen LogP contribution in [0, 0.1) is 13.8 Å². The number of nitrogens with one attached hydrogen (secondary N) is 2. The molecule has 7 heteroatoms. The molecule has 1 heterocycles. The van der Waals surface area contributed by atoms with Crippen LogP contribution in [0.1, 0.15) is 48.6 Å². The van der Waals surface area contributed by atoms with E-state index in [0.29, 0.717) is 31.0 Å². The Bertz CT molecular complexity index is 790. The fourth-order valence-corrected chi connectivity index (χ4v) is 3.29. The highest BCUT2D eigenvalue weighted by atomic mass is 16.5. The van der Waals surface area contributed by atoms with E-state index in [-0.39, 0.29) is 0 Å². The third-order valence-corrected chi connectivity index (χ3v) is 4.99. The van der Waals surface area contributed by atoms with Crippen LogP contribution in [0.2, 0.25) is 0 Å². The van der Waals surface area contributed by atoms with Gasteiger partial charge in [0.25, 0.3) is 0 Å². The number of benzene rings is 1. The number of methoxy groups -OCH3 is 1. The van der Waals surface area contributed by atoms with Gasteiger partial charge in [-0.1, -0.05) is 6.07 Å². The minimum atomic E-state index is 0.291. The van der Waals surface area contributed by atoms with Crippen LogP contribution < -0.4 is 20.1 Å². The predicted octanol–water partition coefficient (Wildman–Crippen LogP) is 3.49. The summed E-state index contributed by atoms with van der Waals surface area (Å²) in [4.78, 5) is 8.63. The van der Waals surface area contributed by atoms with Crippen molar-refractivity contribution in [3.05, 3.63) is 41.1 Å². The second-order valence-electron chi connectivity index (χ2n) is 7.04. The molecule has 0 spiro atoms. The van der Waals surface area contributed by atoms with Gasteiger partial charge in [0.2, 0.25) is 5.89 Å². The van der Waals surface area contributed by atoms with Crippen molar-refractivity contribution in [1.82, 2.24) is 15.6 Å². The lowest BCUT2D eigenvalue weighted by Crippen LogP contribution is -2.36. The maximum Gasteiger partial charge on any atom is 0.214 e. The highest BCUT2D eigenvalue weighted by Crippen LogP contribution is 2.32. The molecule has 3 rings (SSSR count). The first-order valence-electron chi connectivity index (χ1n) is 9.80. The molecule has 1 aliphatic rings. The van der Waals surface area contributed by atoms with Gasteiger partial charge in [-0.15, -0.1) is 0 Å². The van der Waals surface area contributed by atoms with E-state index in [1.807, 2.05) is 32.0 Å². The number of ether oxygens (including phenoxy) is 2. The molecule has 2 aromatic rings. The molecule has 0 aliphatic heterocycles. The fraction of sp³-hybridized carbons (Fsp3) is 0.524. The Labute approximate surface area is 166 Å². The Balaban J connectivity index is 1.57. The van der Waals surface area contributed by atoms with E-state index in [9.17, 15) is 0 Å². The van der Waals surface area contributed by atoms with E-state index in [4.69, 9.17) is 13.9 Å². The molecule has 0 unspecified atom stereocenters. The van der Waals surface area contributed by atoms with Crippen LogP contribution in [0.15, 0.2) is 27.6 Å². The quantitative estimate of drug-likeness (QED) is 0.560. The second kappa shape index (κ2) is 9.48. The first-order valence-corrected chi connectivity index (χ1v) is 9.80. The topological polar surface area (TPSA) is 80.9 Å².